The van der Waals surface area contributed by atoms with Crippen LogP contribution in [0.5, 0.6) is 0 Å². The second-order valence-electron chi connectivity index (χ2n) is 5.16. The molecule has 0 saturated heterocycles. The number of rotatable bonds is 11. The minimum Gasteiger partial charge on any atom is -0.0654 e. The predicted octanol–water partition coefficient (Wildman–Crippen LogP) is 4.47. The van der Waals surface area contributed by atoms with Crippen LogP contribution in [0, 0.1) is 0 Å². The minimum atomic E-state index is 1.11. The van der Waals surface area contributed by atoms with E-state index in [-0.39, 0.29) is 0 Å². The van der Waals surface area contributed by atoms with E-state index in [1.165, 1.54) is 80.9 Å². The molecule has 0 aliphatic heterocycles. The Labute approximate surface area is 101 Å². The Balaban J connectivity index is 2.98. The highest BCUT2D eigenvalue weighted by atomic mass is 28.1. The zero-order valence-corrected chi connectivity index (χ0v) is 13.4. The van der Waals surface area contributed by atoms with E-state index in [2.05, 4.69) is 13.8 Å². The molecule has 0 radical (unpaired) electrons. The molecule has 1 unspecified atom stereocenters. The van der Waals surface area contributed by atoms with Gasteiger partial charge in [-0.2, -0.15) is 0 Å². The summed E-state index contributed by atoms with van der Waals surface area (Å²) >= 11 is 0. The first kappa shape index (κ1) is 15.2. The van der Waals surface area contributed by atoms with Crippen LogP contribution in [-0.2, 0) is 0 Å². The highest BCUT2D eigenvalue weighted by Gasteiger charge is 1.99. The van der Waals surface area contributed by atoms with Crippen LogP contribution in [-0.4, -0.2) is 10.2 Å². The SMILES string of the molecule is CCCCCCCCCCC([SiH3])CCC. The van der Waals surface area contributed by atoms with Crippen LogP contribution in [0.25, 0.3) is 0 Å². The van der Waals surface area contributed by atoms with Crippen molar-refractivity contribution in [1.29, 1.82) is 0 Å². The zero-order valence-electron chi connectivity index (χ0n) is 11.4. The average molecular weight is 228 g/mol. The first-order valence-electron chi connectivity index (χ1n) is 7.31. The molecular formula is C14H32Si. The molecule has 1 atom stereocenters. The molecular weight excluding hydrogens is 196 g/mol. The number of unbranched alkanes of at least 4 members (excludes halogenated alkanes) is 7. The number of hydrogen-bond acceptors (Lipinski definition) is 0. The van der Waals surface area contributed by atoms with Gasteiger partial charge in [0.25, 0.3) is 0 Å². The molecule has 0 bridgehead atoms. The second kappa shape index (κ2) is 12.3. The van der Waals surface area contributed by atoms with Crippen LogP contribution in [0.4, 0.5) is 0 Å². The van der Waals surface area contributed by atoms with Gasteiger partial charge in [-0.3, -0.25) is 0 Å². The van der Waals surface area contributed by atoms with Crippen LogP contribution in [0.1, 0.15) is 84.5 Å². The number of hydrogen-bond donors (Lipinski definition) is 0. The third-order valence-electron chi connectivity index (χ3n) is 3.33. The van der Waals surface area contributed by atoms with Crippen molar-refractivity contribution in [3.63, 3.8) is 0 Å². The van der Waals surface area contributed by atoms with Crippen molar-refractivity contribution in [3.8, 4) is 0 Å². The van der Waals surface area contributed by atoms with Gasteiger partial charge in [0.1, 0.15) is 0 Å². The highest BCUT2D eigenvalue weighted by molar-refractivity contribution is 6.11. The standard InChI is InChI=1S/C14H32Si/c1-3-5-6-7-8-9-10-11-13-14(15)12-4-2/h14H,3-13H2,1-2,15H3. The van der Waals surface area contributed by atoms with Gasteiger partial charge in [0.15, 0.2) is 0 Å². The molecule has 0 aromatic rings. The molecule has 15 heavy (non-hydrogen) atoms. The van der Waals surface area contributed by atoms with Gasteiger partial charge >= 0.3 is 0 Å². The third-order valence-corrected chi connectivity index (χ3v) is 4.49. The molecule has 0 fully saturated rings. The maximum atomic E-state index is 2.32. The Morgan fingerprint density at radius 1 is 0.667 bits per heavy atom. The van der Waals surface area contributed by atoms with Gasteiger partial charge in [-0.05, 0) is 0 Å². The van der Waals surface area contributed by atoms with Gasteiger partial charge in [0.2, 0.25) is 0 Å². The minimum absolute atomic E-state index is 1.11. The average Bonchev–Trinajstić information content (AvgIpc) is 2.22. The summed E-state index contributed by atoms with van der Waals surface area (Å²) in [6.07, 6.45) is 16.1. The van der Waals surface area contributed by atoms with Crippen LogP contribution >= 0.6 is 0 Å². The molecule has 0 aliphatic rings. The molecule has 0 saturated carbocycles. The highest BCUT2D eigenvalue weighted by Crippen LogP contribution is 2.18. The summed E-state index contributed by atoms with van der Waals surface area (Å²) in [5, 5.41) is 0. The summed E-state index contributed by atoms with van der Waals surface area (Å²) in [5.41, 5.74) is 1.11. The summed E-state index contributed by atoms with van der Waals surface area (Å²) in [5.74, 6) is 0. The lowest BCUT2D eigenvalue weighted by atomic mass is 10.1. The zero-order chi connectivity index (χ0) is 11.4. The van der Waals surface area contributed by atoms with Crippen molar-refractivity contribution >= 4 is 10.2 Å². The Morgan fingerprint density at radius 3 is 1.73 bits per heavy atom. The summed E-state index contributed by atoms with van der Waals surface area (Å²) < 4.78 is 0. The van der Waals surface area contributed by atoms with E-state index in [1.807, 2.05) is 0 Å². The largest absolute Gasteiger partial charge is 0.0654 e. The summed E-state index contributed by atoms with van der Waals surface area (Å²) in [6, 6.07) is 0. The van der Waals surface area contributed by atoms with Crippen molar-refractivity contribution in [2.75, 3.05) is 0 Å². The third kappa shape index (κ3) is 12.1. The summed E-state index contributed by atoms with van der Waals surface area (Å²) in [7, 11) is 1.42. The Kier molecular flexibility index (Phi) is 12.5. The first-order valence-corrected chi connectivity index (χ1v) is 8.46. The quantitative estimate of drug-likeness (QED) is 0.361. The first-order chi connectivity index (χ1) is 7.31. The van der Waals surface area contributed by atoms with E-state index < -0.39 is 0 Å². The topological polar surface area (TPSA) is 0 Å². The molecule has 0 aromatic heterocycles. The van der Waals surface area contributed by atoms with E-state index >= 15 is 0 Å². The second-order valence-corrected chi connectivity index (χ2v) is 6.79. The van der Waals surface area contributed by atoms with Gasteiger partial charge in [-0.25, -0.2) is 0 Å². The molecule has 0 nitrogen and oxygen atoms in total. The van der Waals surface area contributed by atoms with Crippen molar-refractivity contribution in [3.05, 3.63) is 0 Å². The molecule has 1 heteroatoms. The summed E-state index contributed by atoms with van der Waals surface area (Å²) in [6.45, 7) is 4.61. The lowest BCUT2D eigenvalue weighted by Gasteiger charge is -2.08. The van der Waals surface area contributed by atoms with E-state index in [1.54, 1.807) is 0 Å². The van der Waals surface area contributed by atoms with Crippen molar-refractivity contribution < 1.29 is 0 Å². The maximum absolute atomic E-state index is 2.32. The normalized spacial score (nSPS) is 13.2. The van der Waals surface area contributed by atoms with E-state index in [4.69, 9.17) is 0 Å². The molecule has 0 rings (SSSR count). The monoisotopic (exact) mass is 228 g/mol. The molecule has 0 aromatic carbocycles. The van der Waals surface area contributed by atoms with E-state index in [9.17, 15) is 0 Å². The van der Waals surface area contributed by atoms with Crippen molar-refractivity contribution in [2.45, 2.75) is 90.0 Å². The molecule has 0 spiro atoms. The van der Waals surface area contributed by atoms with Crippen LogP contribution in [0.3, 0.4) is 0 Å². The van der Waals surface area contributed by atoms with Gasteiger partial charge in [0, 0.05) is 10.2 Å². The lowest BCUT2D eigenvalue weighted by Crippen LogP contribution is -1.92. The van der Waals surface area contributed by atoms with Crippen LogP contribution < -0.4 is 0 Å². The maximum Gasteiger partial charge on any atom is 0.00672 e. The van der Waals surface area contributed by atoms with Crippen LogP contribution in [0.15, 0.2) is 0 Å². The van der Waals surface area contributed by atoms with Gasteiger partial charge in [-0.15, -0.1) is 0 Å². The molecule has 0 amide bonds. The lowest BCUT2D eigenvalue weighted by molar-refractivity contribution is 0.548. The molecule has 0 N–H and O–H groups in total. The van der Waals surface area contributed by atoms with Gasteiger partial charge in [0.05, 0.1) is 0 Å². The van der Waals surface area contributed by atoms with Gasteiger partial charge in [-0.1, -0.05) is 90.0 Å². The smallest absolute Gasteiger partial charge is 0.00672 e. The van der Waals surface area contributed by atoms with Gasteiger partial charge < -0.3 is 0 Å². The summed E-state index contributed by atoms with van der Waals surface area (Å²) in [4.78, 5) is 0. The molecule has 92 valence electrons. The molecule has 0 aliphatic carbocycles. The van der Waals surface area contributed by atoms with Crippen LogP contribution in [0.2, 0.25) is 5.54 Å². The molecule has 0 heterocycles. The fourth-order valence-corrected chi connectivity index (χ4v) is 3.25. The Morgan fingerprint density at radius 2 is 1.20 bits per heavy atom. The van der Waals surface area contributed by atoms with Crippen molar-refractivity contribution in [1.82, 2.24) is 0 Å². The predicted molar refractivity (Wildman–Crippen MR) is 75.8 cm³/mol. The van der Waals surface area contributed by atoms with E-state index in [0.717, 1.165) is 5.54 Å². The Bertz CT molecular complexity index is 112. The Hall–Kier alpha value is 0.217. The fraction of sp³-hybridized carbons (Fsp3) is 1.00. The van der Waals surface area contributed by atoms with E-state index in [0.29, 0.717) is 0 Å². The van der Waals surface area contributed by atoms with Crippen molar-refractivity contribution in [2.24, 2.45) is 0 Å². The fourth-order valence-electron chi connectivity index (χ4n) is 2.26.